The van der Waals surface area contributed by atoms with E-state index in [1.165, 1.54) is 0 Å². The minimum atomic E-state index is -0.183. The second-order valence-electron chi connectivity index (χ2n) is 3.16. The zero-order chi connectivity index (χ0) is 10.6. The highest BCUT2D eigenvalue weighted by Crippen LogP contribution is 2.13. The van der Waals surface area contributed by atoms with Crippen molar-refractivity contribution in [3.63, 3.8) is 0 Å². The molecule has 4 nitrogen and oxygen atoms in total. The molecule has 1 aromatic heterocycles. The van der Waals surface area contributed by atoms with Gasteiger partial charge in [-0.3, -0.25) is 4.79 Å². The Kier molecular flexibility index (Phi) is 4.16. The van der Waals surface area contributed by atoms with Gasteiger partial charge in [-0.15, -0.1) is 0 Å². The number of carbonyl (C=O) groups excluding carboxylic acids is 1. The summed E-state index contributed by atoms with van der Waals surface area (Å²) in [6, 6.07) is 3.33. The molecule has 1 aromatic rings. The summed E-state index contributed by atoms with van der Waals surface area (Å²) < 4.78 is 5.66. The Bertz CT molecular complexity index is 310. The van der Waals surface area contributed by atoms with Gasteiger partial charge in [0.15, 0.2) is 10.4 Å². The van der Waals surface area contributed by atoms with Crippen molar-refractivity contribution in [1.82, 2.24) is 10.2 Å². The van der Waals surface area contributed by atoms with Crippen molar-refractivity contribution in [3.05, 3.63) is 22.6 Å². The Hall–Kier alpha value is -0.810. The lowest BCUT2D eigenvalue weighted by molar-refractivity contribution is 0.0922. The molecule has 0 atom stereocenters. The summed E-state index contributed by atoms with van der Waals surface area (Å²) in [5, 5.41) is 2.75. The van der Waals surface area contributed by atoms with Gasteiger partial charge in [0.25, 0.3) is 5.91 Å². The van der Waals surface area contributed by atoms with Crippen LogP contribution in [0.2, 0.25) is 0 Å². The molecule has 0 radical (unpaired) electrons. The van der Waals surface area contributed by atoms with E-state index < -0.39 is 0 Å². The van der Waals surface area contributed by atoms with E-state index in [-0.39, 0.29) is 5.91 Å². The molecule has 0 aliphatic rings. The second-order valence-corrected chi connectivity index (χ2v) is 3.94. The van der Waals surface area contributed by atoms with Crippen molar-refractivity contribution >= 4 is 21.8 Å². The summed E-state index contributed by atoms with van der Waals surface area (Å²) in [6.45, 7) is 1.43. The molecule has 0 saturated heterocycles. The average molecular weight is 261 g/mol. The van der Waals surface area contributed by atoms with E-state index in [0.717, 1.165) is 6.54 Å². The van der Waals surface area contributed by atoms with Gasteiger partial charge in [-0.05, 0) is 42.2 Å². The normalized spacial score (nSPS) is 10.6. The number of nitrogens with zero attached hydrogens (tertiary/aromatic N) is 1. The molecule has 0 spiro atoms. The quantitative estimate of drug-likeness (QED) is 0.889. The monoisotopic (exact) mass is 260 g/mol. The number of nitrogens with one attached hydrogen (secondary N) is 1. The van der Waals surface area contributed by atoms with Crippen LogP contribution in [-0.4, -0.2) is 38.0 Å². The van der Waals surface area contributed by atoms with Gasteiger partial charge < -0.3 is 14.6 Å². The van der Waals surface area contributed by atoms with Crippen LogP contribution >= 0.6 is 15.9 Å². The molecule has 0 aromatic carbocycles. The van der Waals surface area contributed by atoms with Gasteiger partial charge in [-0.2, -0.15) is 0 Å². The summed E-state index contributed by atoms with van der Waals surface area (Å²) in [6.07, 6.45) is 0. The van der Waals surface area contributed by atoms with Crippen LogP contribution in [0.1, 0.15) is 10.6 Å². The molecule has 0 aliphatic carbocycles. The number of likely N-dealkylation sites (N-methyl/N-ethyl adjacent to an activating group) is 1. The fourth-order valence-electron chi connectivity index (χ4n) is 0.916. The first-order chi connectivity index (χ1) is 6.59. The molecule has 0 aliphatic heterocycles. The van der Waals surface area contributed by atoms with Gasteiger partial charge in [-0.25, -0.2) is 0 Å². The van der Waals surface area contributed by atoms with Crippen molar-refractivity contribution in [3.8, 4) is 0 Å². The van der Waals surface area contributed by atoms with Crippen molar-refractivity contribution in [2.24, 2.45) is 0 Å². The minimum absolute atomic E-state index is 0.183. The SMILES string of the molecule is CN(C)CCNC(=O)c1ccc(Br)o1. The maximum atomic E-state index is 11.4. The summed E-state index contributed by atoms with van der Waals surface area (Å²) in [4.78, 5) is 13.4. The molecule has 14 heavy (non-hydrogen) atoms. The molecule has 5 heteroatoms. The van der Waals surface area contributed by atoms with E-state index in [2.05, 4.69) is 21.2 Å². The van der Waals surface area contributed by atoms with Gasteiger partial charge in [0, 0.05) is 13.1 Å². The Balaban J connectivity index is 2.36. The van der Waals surface area contributed by atoms with Crippen molar-refractivity contribution in [1.29, 1.82) is 0 Å². The number of amides is 1. The first kappa shape index (κ1) is 11.3. The molecule has 78 valence electrons. The molecular weight excluding hydrogens is 248 g/mol. The largest absolute Gasteiger partial charge is 0.444 e. The lowest BCUT2D eigenvalue weighted by Gasteiger charge is -2.09. The van der Waals surface area contributed by atoms with Gasteiger partial charge >= 0.3 is 0 Å². The number of hydrogen-bond donors (Lipinski definition) is 1. The molecular formula is C9H13BrN2O2. The van der Waals surface area contributed by atoms with Gasteiger partial charge in [0.05, 0.1) is 0 Å². The first-order valence-electron chi connectivity index (χ1n) is 4.28. The topological polar surface area (TPSA) is 45.5 Å². The van der Waals surface area contributed by atoms with Crippen molar-refractivity contribution in [2.45, 2.75) is 0 Å². The number of carbonyl (C=O) groups is 1. The molecule has 1 N–H and O–H groups in total. The third kappa shape index (κ3) is 3.51. The molecule has 0 saturated carbocycles. The molecule has 0 bridgehead atoms. The predicted octanol–water partition coefficient (Wildman–Crippen LogP) is 1.33. The maximum absolute atomic E-state index is 11.4. The Morgan fingerprint density at radius 3 is 2.79 bits per heavy atom. The number of hydrogen-bond acceptors (Lipinski definition) is 3. The number of halogens is 1. The smallest absolute Gasteiger partial charge is 0.287 e. The minimum Gasteiger partial charge on any atom is -0.444 e. The third-order valence-electron chi connectivity index (χ3n) is 1.64. The summed E-state index contributed by atoms with van der Waals surface area (Å²) >= 11 is 3.14. The van der Waals surface area contributed by atoms with Crippen LogP contribution in [0.5, 0.6) is 0 Å². The molecule has 1 rings (SSSR count). The lowest BCUT2D eigenvalue weighted by atomic mass is 10.4. The molecule has 1 heterocycles. The van der Waals surface area contributed by atoms with Crippen LogP contribution in [0.3, 0.4) is 0 Å². The fourth-order valence-corrected chi connectivity index (χ4v) is 1.22. The Morgan fingerprint density at radius 1 is 1.57 bits per heavy atom. The maximum Gasteiger partial charge on any atom is 0.287 e. The second kappa shape index (κ2) is 5.17. The van der Waals surface area contributed by atoms with Crippen LogP contribution in [0.25, 0.3) is 0 Å². The molecule has 1 amide bonds. The van der Waals surface area contributed by atoms with Gasteiger partial charge in [0.1, 0.15) is 0 Å². The first-order valence-corrected chi connectivity index (χ1v) is 5.07. The zero-order valence-corrected chi connectivity index (χ0v) is 9.80. The van der Waals surface area contributed by atoms with Crippen molar-refractivity contribution < 1.29 is 9.21 Å². The Labute approximate surface area is 91.4 Å². The van der Waals surface area contributed by atoms with E-state index in [4.69, 9.17) is 4.42 Å². The average Bonchev–Trinajstić information content (AvgIpc) is 2.51. The van der Waals surface area contributed by atoms with Crippen LogP contribution < -0.4 is 5.32 Å². The number of rotatable bonds is 4. The molecule has 0 fully saturated rings. The highest BCUT2D eigenvalue weighted by atomic mass is 79.9. The summed E-state index contributed by atoms with van der Waals surface area (Å²) in [7, 11) is 3.91. The van der Waals surface area contributed by atoms with Gasteiger partial charge in [-0.1, -0.05) is 0 Å². The standard InChI is InChI=1S/C9H13BrN2O2/c1-12(2)6-5-11-9(13)7-3-4-8(10)14-7/h3-4H,5-6H2,1-2H3,(H,11,13). The van der Waals surface area contributed by atoms with Crippen LogP contribution in [-0.2, 0) is 0 Å². The summed E-state index contributed by atoms with van der Waals surface area (Å²) in [5.41, 5.74) is 0. The third-order valence-corrected chi connectivity index (χ3v) is 2.07. The summed E-state index contributed by atoms with van der Waals surface area (Å²) in [5.74, 6) is 0.146. The van der Waals surface area contributed by atoms with E-state index in [1.807, 2.05) is 19.0 Å². The van der Waals surface area contributed by atoms with Crippen LogP contribution in [0.15, 0.2) is 21.2 Å². The predicted molar refractivity (Wildman–Crippen MR) is 57.3 cm³/mol. The van der Waals surface area contributed by atoms with Crippen LogP contribution in [0.4, 0.5) is 0 Å². The Morgan fingerprint density at radius 2 is 2.29 bits per heavy atom. The highest BCUT2D eigenvalue weighted by molar-refractivity contribution is 9.10. The molecule has 0 unspecified atom stereocenters. The number of furan rings is 1. The van der Waals surface area contributed by atoms with E-state index in [0.29, 0.717) is 17.0 Å². The fraction of sp³-hybridized carbons (Fsp3) is 0.444. The van der Waals surface area contributed by atoms with E-state index in [1.54, 1.807) is 12.1 Å². The zero-order valence-electron chi connectivity index (χ0n) is 8.21. The highest BCUT2D eigenvalue weighted by Gasteiger charge is 2.08. The van der Waals surface area contributed by atoms with E-state index >= 15 is 0 Å². The van der Waals surface area contributed by atoms with Gasteiger partial charge in [0.2, 0.25) is 0 Å². The van der Waals surface area contributed by atoms with Crippen molar-refractivity contribution in [2.75, 3.05) is 27.2 Å². The van der Waals surface area contributed by atoms with Crippen LogP contribution in [0, 0.1) is 0 Å². The lowest BCUT2D eigenvalue weighted by Crippen LogP contribution is -2.31. The van der Waals surface area contributed by atoms with E-state index in [9.17, 15) is 4.79 Å².